The first-order chi connectivity index (χ1) is 11.1. The lowest BCUT2D eigenvalue weighted by molar-refractivity contribution is -0.137. The number of amides is 1. The fraction of sp³-hybridized carbons (Fsp3) is 0.235. The van der Waals surface area contributed by atoms with Crippen molar-refractivity contribution in [2.24, 2.45) is 0 Å². The largest absolute Gasteiger partial charge is 0.416 e. The van der Waals surface area contributed by atoms with Crippen molar-refractivity contribution in [3.63, 3.8) is 0 Å². The van der Waals surface area contributed by atoms with Crippen LogP contribution in [0.3, 0.4) is 0 Å². The van der Waals surface area contributed by atoms with Crippen molar-refractivity contribution in [2.75, 3.05) is 7.05 Å². The minimum atomic E-state index is -4.55. The Morgan fingerprint density at radius 3 is 2.29 bits per heavy atom. The summed E-state index contributed by atoms with van der Waals surface area (Å²) >= 11 is 0. The third-order valence-corrected chi connectivity index (χ3v) is 3.76. The van der Waals surface area contributed by atoms with Crippen LogP contribution < -0.4 is 0 Å². The van der Waals surface area contributed by atoms with E-state index in [-0.39, 0.29) is 5.56 Å². The van der Waals surface area contributed by atoms with Crippen molar-refractivity contribution in [3.8, 4) is 0 Å². The lowest BCUT2D eigenvalue weighted by Crippen LogP contribution is -2.30. The van der Waals surface area contributed by atoms with Crippen LogP contribution in [0, 0.1) is 11.6 Å². The number of carbonyl (C=O) groups excluding carboxylic acids is 1. The Kier molecular flexibility index (Phi) is 4.91. The van der Waals surface area contributed by atoms with Crippen LogP contribution in [0.15, 0.2) is 42.5 Å². The molecule has 0 bridgehead atoms. The van der Waals surface area contributed by atoms with Gasteiger partial charge in [-0.2, -0.15) is 13.2 Å². The van der Waals surface area contributed by atoms with Crippen LogP contribution in [0.4, 0.5) is 22.0 Å². The Labute approximate surface area is 135 Å². The van der Waals surface area contributed by atoms with Crippen molar-refractivity contribution in [1.82, 2.24) is 4.90 Å². The first-order valence-electron chi connectivity index (χ1n) is 7.00. The quantitative estimate of drug-likeness (QED) is 0.732. The number of carbonyl (C=O) groups is 1. The summed E-state index contributed by atoms with van der Waals surface area (Å²) in [6, 6.07) is 6.60. The van der Waals surface area contributed by atoms with Gasteiger partial charge in [0.2, 0.25) is 0 Å². The second-order valence-corrected chi connectivity index (χ2v) is 5.34. The molecule has 2 nitrogen and oxygen atoms in total. The molecule has 0 fully saturated rings. The van der Waals surface area contributed by atoms with Gasteiger partial charge in [0.15, 0.2) is 11.6 Å². The van der Waals surface area contributed by atoms with Gasteiger partial charge in [-0.25, -0.2) is 8.78 Å². The average molecular weight is 343 g/mol. The van der Waals surface area contributed by atoms with E-state index in [1.807, 2.05) is 0 Å². The predicted octanol–water partition coefficient (Wildman–Crippen LogP) is 4.82. The molecule has 2 aromatic carbocycles. The number of halogens is 5. The van der Waals surface area contributed by atoms with Crippen molar-refractivity contribution >= 4 is 5.91 Å². The molecule has 0 aliphatic carbocycles. The van der Waals surface area contributed by atoms with E-state index in [1.54, 1.807) is 6.92 Å². The topological polar surface area (TPSA) is 20.3 Å². The molecule has 0 aliphatic rings. The lowest BCUT2D eigenvalue weighted by Gasteiger charge is -2.26. The molecule has 128 valence electrons. The molecule has 0 saturated carbocycles. The van der Waals surface area contributed by atoms with Gasteiger partial charge in [0.1, 0.15) is 0 Å². The van der Waals surface area contributed by atoms with E-state index in [2.05, 4.69) is 0 Å². The van der Waals surface area contributed by atoms with Gasteiger partial charge in [0, 0.05) is 12.6 Å². The Morgan fingerprint density at radius 2 is 1.71 bits per heavy atom. The molecule has 7 heteroatoms. The maximum Gasteiger partial charge on any atom is 0.416 e. The van der Waals surface area contributed by atoms with E-state index >= 15 is 0 Å². The minimum absolute atomic E-state index is 0.137. The molecule has 2 rings (SSSR count). The normalized spacial score (nSPS) is 12.8. The summed E-state index contributed by atoms with van der Waals surface area (Å²) in [5, 5.41) is 0. The zero-order chi connectivity index (χ0) is 18.1. The molecule has 0 spiro atoms. The third kappa shape index (κ3) is 3.72. The van der Waals surface area contributed by atoms with E-state index in [0.29, 0.717) is 5.56 Å². The van der Waals surface area contributed by atoms with Gasteiger partial charge in [-0.3, -0.25) is 4.79 Å². The van der Waals surface area contributed by atoms with Crippen LogP contribution in [0.5, 0.6) is 0 Å². The van der Waals surface area contributed by atoms with Gasteiger partial charge >= 0.3 is 6.18 Å². The summed E-state index contributed by atoms with van der Waals surface area (Å²) in [6.07, 6.45) is -4.55. The molecule has 0 N–H and O–H groups in total. The van der Waals surface area contributed by atoms with E-state index in [9.17, 15) is 26.7 Å². The first-order valence-corrected chi connectivity index (χ1v) is 7.00. The van der Waals surface area contributed by atoms with Gasteiger partial charge in [-0.1, -0.05) is 12.1 Å². The van der Waals surface area contributed by atoms with Gasteiger partial charge in [-0.05, 0) is 42.8 Å². The van der Waals surface area contributed by atoms with E-state index in [1.165, 1.54) is 24.1 Å². The van der Waals surface area contributed by atoms with Crippen molar-refractivity contribution < 1.29 is 26.7 Å². The van der Waals surface area contributed by atoms with E-state index < -0.39 is 35.3 Å². The second-order valence-electron chi connectivity index (χ2n) is 5.34. The Hall–Kier alpha value is -2.44. The maximum atomic E-state index is 13.3. The van der Waals surface area contributed by atoms with Gasteiger partial charge in [0.25, 0.3) is 5.91 Å². The van der Waals surface area contributed by atoms with Crippen LogP contribution in [-0.2, 0) is 6.18 Å². The zero-order valence-electron chi connectivity index (χ0n) is 12.9. The monoisotopic (exact) mass is 343 g/mol. The Balaban J connectivity index is 2.27. The van der Waals surface area contributed by atoms with Crippen molar-refractivity contribution in [3.05, 3.63) is 70.8 Å². The molecule has 0 radical (unpaired) electrons. The van der Waals surface area contributed by atoms with E-state index in [0.717, 1.165) is 30.3 Å². The van der Waals surface area contributed by atoms with Crippen LogP contribution in [-0.4, -0.2) is 17.9 Å². The lowest BCUT2D eigenvalue weighted by atomic mass is 10.0. The first kappa shape index (κ1) is 17.9. The maximum absolute atomic E-state index is 13.3. The molecule has 1 atom stereocenters. The minimum Gasteiger partial charge on any atom is -0.335 e. The number of hydrogen-bond acceptors (Lipinski definition) is 1. The summed E-state index contributed by atoms with van der Waals surface area (Å²) in [4.78, 5) is 13.6. The van der Waals surface area contributed by atoms with Crippen molar-refractivity contribution in [2.45, 2.75) is 19.1 Å². The second kappa shape index (κ2) is 6.59. The number of benzene rings is 2. The highest BCUT2D eigenvalue weighted by atomic mass is 19.4. The average Bonchev–Trinajstić information content (AvgIpc) is 2.54. The fourth-order valence-electron chi connectivity index (χ4n) is 2.20. The molecule has 0 saturated heterocycles. The fourth-order valence-corrected chi connectivity index (χ4v) is 2.20. The standard InChI is InChI=1S/C17H14F5NO/c1-10(11-6-7-14(18)15(19)9-11)23(2)16(24)12-4-3-5-13(8-12)17(20,21)22/h3-10H,1-2H3. The molecule has 0 aromatic heterocycles. The smallest absolute Gasteiger partial charge is 0.335 e. The Bertz CT molecular complexity index is 757. The number of alkyl halides is 3. The summed E-state index contributed by atoms with van der Waals surface area (Å²) in [6.45, 7) is 1.57. The summed E-state index contributed by atoms with van der Waals surface area (Å²) in [5.74, 6) is -2.73. The highest BCUT2D eigenvalue weighted by molar-refractivity contribution is 5.94. The van der Waals surface area contributed by atoms with Crippen LogP contribution in [0.2, 0.25) is 0 Å². The molecule has 1 amide bonds. The molecular weight excluding hydrogens is 329 g/mol. The number of hydrogen-bond donors (Lipinski definition) is 0. The molecular formula is C17H14F5NO. The SMILES string of the molecule is CC(c1ccc(F)c(F)c1)N(C)C(=O)c1cccc(C(F)(F)F)c1. The van der Waals surface area contributed by atoms with Crippen LogP contribution in [0.1, 0.15) is 34.5 Å². The molecule has 2 aromatic rings. The summed E-state index contributed by atoms with van der Waals surface area (Å²) in [5.41, 5.74) is -0.735. The summed E-state index contributed by atoms with van der Waals surface area (Å²) in [7, 11) is 1.38. The van der Waals surface area contributed by atoms with Crippen LogP contribution >= 0.6 is 0 Å². The summed E-state index contributed by atoms with van der Waals surface area (Å²) < 4.78 is 64.5. The number of nitrogens with zero attached hydrogens (tertiary/aromatic N) is 1. The molecule has 24 heavy (non-hydrogen) atoms. The van der Waals surface area contributed by atoms with Gasteiger partial charge in [-0.15, -0.1) is 0 Å². The third-order valence-electron chi connectivity index (χ3n) is 3.76. The highest BCUT2D eigenvalue weighted by Gasteiger charge is 2.31. The van der Waals surface area contributed by atoms with E-state index in [4.69, 9.17) is 0 Å². The zero-order valence-corrected chi connectivity index (χ0v) is 12.9. The molecule has 0 heterocycles. The van der Waals surface area contributed by atoms with Gasteiger partial charge < -0.3 is 4.90 Å². The number of rotatable bonds is 3. The Morgan fingerprint density at radius 1 is 1.04 bits per heavy atom. The van der Waals surface area contributed by atoms with Crippen LogP contribution in [0.25, 0.3) is 0 Å². The van der Waals surface area contributed by atoms with Crippen molar-refractivity contribution in [1.29, 1.82) is 0 Å². The molecule has 1 unspecified atom stereocenters. The van der Waals surface area contributed by atoms with Gasteiger partial charge in [0.05, 0.1) is 11.6 Å². The highest BCUT2D eigenvalue weighted by Crippen LogP contribution is 2.30. The molecule has 0 aliphatic heterocycles. The predicted molar refractivity (Wildman–Crippen MR) is 78.3 cm³/mol.